The molecule has 1 saturated carbocycles. The molecule has 0 bridgehead atoms. The molecule has 2 aliphatic carbocycles. The highest BCUT2D eigenvalue weighted by Gasteiger charge is 2.52. The maximum atomic E-state index is 13.3. The maximum Gasteiger partial charge on any atom is 0.331 e. The number of hydrogen-bond donors (Lipinski definition) is 1. The van der Waals surface area contributed by atoms with E-state index in [1.54, 1.807) is 6.07 Å². The summed E-state index contributed by atoms with van der Waals surface area (Å²) in [5, 5.41) is 4.10. The Bertz CT molecular complexity index is 1460. The molecular weight excluding hydrogens is 602 g/mol. The van der Waals surface area contributed by atoms with E-state index in [9.17, 15) is 13.2 Å². The largest absolute Gasteiger partial charge is 0.467 e. The minimum absolute atomic E-state index is 0.0237. The Labute approximate surface area is 263 Å². The van der Waals surface area contributed by atoms with Gasteiger partial charge in [-0.1, -0.05) is 74.4 Å². The number of benzene rings is 2. The molecular formula is C33H46ClNO6SSi. The number of nitrogens with one attached hydrogen (secondary N) is 1. The first kappa shape index (κ1) is 33.7. The Balaban J connectivity index is 1.64. The van der Waals surface area contributed by atoms with Crippen LogP contribution in [0.5, 0.6) is 0 Å². The summed E-state index contributed by atoms with van der Waals surface area (Å²) in [5.74, 6) is -0.445. The standard InChI is InChI=1S/C33H46ClNO6SSi/c1-31(2,3)43(6,7)41-23-24(22-40-42(5,37)38)19-26-20-25-11-8-9-14-29(25)32(26)15-17-33(18-16-32,30(36)39-4)35-28-13-10-12-27(34)21-28/h8-14,20-21,24,35H,15-19,22-23H2,1-7H3. The molecule has 0 aromatic heterocycles. The third kappa shape index (κ3) is 7.56. The SMILES string of the molecule is COC(=O)C1(Nc2cccc(Cl)c2)CCC2(CC1)C(CC(CO[Si](C)(C)C(C)(C)C)COS(C)(=O)=O)=Cc1ccccc12. The Kier molecular flexibility index (Phi) is 9.94. The van der Waals surface area contributed by atoms with Gasteiger partial charge in [0.25, 0.3) is 10.1 Å². The molecule has 0 heterocycles. The second kappa shape index (κ2) is 12.7. The molecule has 1 fully saturated rings. The van der Waals surface area contributed by atoms with Crippen LogP contribution >= 0.6 is 11.6 Å². The molecule has 0 saturated heterocycles. The summed E-state index contributed by atoms with van der Waals surface area (Å²) in [4.78, 5) is 13.3. The normalized spacial score (nSPS) is 23.0. The summed E-state index contributed by atoms with van der Waals surface area (Å²) in [6.45, 7) is 11.5. The minimum Gasteiger partial charge on any atom is -0.467 e. The van der Waals surface area contributed by atoms with Gasteiger partial charge in [0, 0.05) is 28.6 Å². The zero-order valence-corrected chi connectivity index (χ0v) is 29.0. The molecule has 7 nitrogen and oxygen atoms in total. The first-order valence-corrected chi connectivity index (χ1v) is 20.0. The Morgan fingerprint density at radius 3 is 2.33 bits per heavy atom. The number of fused-ring (bicyclic) bond motifs is 2. The molecule has 2 aliphatic rings. The molecule has 1 unspecified atom stereocenters. The smallest absolute Gasteiger partial charge is 0.331 e. The molecule has 43 heavy (non-hydrogen) atoms. The third-order valence-corrected chi connectivity index (χ3v) is 15.0. The highest BCUT2D eigenvalue weighted by molar-refractivity contribution is 7.85. The van der Waals surface area contributed by atoms with Crippen LogP contribution in [0.25, 0.3) is 6.08 Å². The van der Waals surface area contributed by atoms with Crippen LogP contribution in [0.4, 0.5) is 5.69 Å². The number of ether oxygens (including phenoxy) is 1. The molecule has 4 rings (SSSR count). The molecule has 1 atom stereocenters. The summed E-state index contributed by atoms with van der Waals surface area (Å²) in [7, 11) is -4.27. The number of carbonyl (C=O) groups excluding carboxylic acids is 1. The summed E-state index contributed by atoms with van der Waals surface area (Å²) < 4.78 is 41.3. The maximum absolute atomic E-state index is 13.3. The average Bonchev–Trinajstić information content (AvgIpc) is 3.22. The number of anilines is 1. The highest BCUT2D eigenvalue weighted by atomic mass is 35.5. The number of methoxy groups -OCH3 is 1. The van der Waals surface area contributed by atoms with E-state index < -0.39 is 24.0 Å². The average molecular weight is 648 g/mol. The van der Waals surface area contributed by atoms with Crippen LogP contribution in [0.2, 0.25) is 23.2 Å². The number of rotatable bonds is 11. The predicted octanol–water partition coefficient (Wildman–Crippen LogP) is 7.58. The number of halogens is 1. The van der Waals surface area contributed by atoms with Gasteiger partial charge < -0.3 is 14.5 Å². The summed E-state index contributed by atoms with van der Waals surface area (Å²) >= 11 is 6.26. The zero-order chi connectivity index (χ0) is 31.7. The van der Waals surface area contributed by atoms with Gasteiger partial charge in [-0.2, -0.15) is 8.42 Å². The summed E-state index contributed by atoms with van der Waals surface area (Å²) in [5.41, 5.74) is 3.24. The fraction of sp³-hybridized carbons (Fsp3) is 0.545. The van der Waals surface area contributed by atoms with Crippen molar-refractivity contribution in [2.45, 2.75) is 82.0 Å². The fourth-order valence-corrected chi connectivity index (χ4v) is 7.88. The van der Waals surface area contributed by atoms with Crippen molar-refractivity contribution in [1.82, 2.24) is 0 Å². The lowest BCUT2D eigenvalue weighted by Gasteiger charge is -2.46. The van der Waals surface area contributed by atoms with Crippen LogP contribution in [0, 0.1) is 5.92 Å². The molecule has 1 spiro atoms. The first-order valence-electron chi connectivity index (χ1n) is 14.9. The van der Waals surface area contributed by atoms with Gasteiger partial charge in [0.1, 0.15) is 5.54 Å². The van der Waals surface area contributed by atoms with Crippen LogP contribution in [0.3, 0.4) is 0 Å². The van der Waals surface area contributed by atoms with Gasteiger partial charge in [-0.25, -0.2) is 4.79 Å². The summed E-state index contributed by atoms with van der Waals surface area (Å²) in [6.07, 6.45) is 6.54. The van der Waals surface area contributed by atoms with Crippen LogP contribution in [-0.4, -0.2) is 54.8 Å². The fourth-order valence-electron chi connectivity index (χ4n) is 6.16. The quantitative estimate of drug-likeness (QED) is 0.153. The second-order valence-corrected chi connectivity index (χ2v) is 20.6. The first-order chi connectivity index (χ1) is 20.0. The van der Waals surface area contributed by atoms with Crippen molar-refractivity contribution in [3.63, 3.8) is 0 Å². The molecule has 0 radical (unpaired) electrons. The van der Waals surface area contributed by atoms with Crippen molar-refractivity contribution in [3.8, 4) is 0 Å². The van der Waals surface area contributed by atoms with Gasteiger partial charge >= 0.3 is 5.97 Å². The molecule has 10 heteroatoms. The van der Waals surface area contributed by atoms with E-state index in [1.165, 1.54) is 23.8 Å². The van der Waals surface area contributed by atoms with Gasteiger partial charge in [0.2, 0.25) is 0 Å². The molecule has 2 aromatic rings. The van der Waals surface area contributed by atoms with E-state index in [4.69, 9.17) is 24.9 Å². The Hall–Kier alpha value is -2.17. The number of carbonyl (C=O) groups is 1. The lowest BCUT2D eigenvalue weighted by atomic mass is 9.61. The summed E-state index contributed by atoms with van der Waals surface area (Å²) in [6, 6.07) is 15.8. The van der Waals surface area contributed by atoms with Gasteiger partial charge in [-0.15, -0.1) is 0 Å². The van der Waals surface area contributed by atoms with Crippen molar-refractivity contribution in [3.05, 3.63) is 70.3 Å². The van der Waals surface area contributed by atoms with Gasteiger partial charge in [-0.05, 0) is 79.6 Å². The topological polar surface area (TPSA) is 90.9 Å². The van der Waals surface area contributed by atoms with Crippen LogP contribution in [0.15, 0.2) is 54.1 Å². The van der Waals surface area contributed by atoms with Crippen molar-refractivity contribution in [1.29, 1.82) is 0 Å². The van der Waals surface area contributed by atoms with E-state index in [1.807, 2.05) is 24.3 Å². The molecule has 2 aromatic carbocycles. The van der Waals surface area contributed by atoms with Crippen LogP contribution in [-0.2, 0) is 33.7 Å². The molecule has 0 aliphatic heterocycles. The van der Waals surface area contributed by atoms with Crippen LogP contribution < -0.4 is 5.32 Å². The van der Waals surface area contributed by atoms with E-state index in [2.05, 4.69) is 63.5 Å². The van der Waals surface area contributed by atoms with Crippen molar-refractivity contribution in [2.75, 3.05) is 31.9 Å². The highest BCUT2D eigenvalue weighted by Crippen LogP contribution is 2.55. The number of esters is 1. The van der Waals surface area contributed by atoms with Gasteiger partial charge in [0.15, 0.2) is 8.32 Å². The lowest BCUT2D eigenvalue weighted by molar-refractivity contribution is -0.147. The predicted molar refractivity (Wildman–Crippen MR) is 176 cm³/mol. The second-order valence-electron chi connectivity index (χ2n) is 13.7. The van der Waals surface area contributed by atoms with E-state index in [-0.39, 0.29) is 28.9 Å². The minimum atomic E-state index is -3.62. The van der Waals surface area contributed by atoms with Crippen molar-refractivity contribution >= 4 is 47.8 Å². The molecule has 1 N–H and O–H groups in total. The zero-order valence-electron chi connectivity index (χ0n) is 26.5. The molecule has 236 valence electrons. The number of hydrogen-bond acceptors (Lipinski definition) is 7. The van der Waals surface area contributed by atoms with Gasteiger partial charge in [0.05, 0.1) is 20.0 Å². The lowest BCUT2D eigenvalue weighted by Crippen LogP contribution is -2.52. The van der Waals surface area contributed by atoms with Gasteiger partial charge in [-0.3, -0.25) is 4.18 Å². The monoisotopic (exact) mass is 647 g/mol. The Morgan fingerprint density at radius 2 is 1.72 bits per heavy atom. The van der Waals surface area contributed by atoms with E-state index in [0.29, 0.717) is 30.9 Å². The Morgan fingerprint density at radius 1 is 1.05 bits per heavy atom. The third-order valence-electron chi connectivity index (χ3n) is 9.67. The van der Waals surface area contributed by atoms with E-state index >= 15 is 0 Å². The number of allylic oxidation sites excluding steroid dienone is 1. The van der Waals surface area contributed by atoms with E-state index in [0.717, 1.165) is 24.8 Å². The van der Waals surface area contributed by atoms with Crippen molar-refractivity contribution in [2.24, 2.45) is 5.92 Å². The van der Waals surface area contributed by atoms with Crippen molar-refractivity contribution < 1.29 is 26.6 Å². The van der Waals surface area contributed by atoms with Crippen LogP contribution in [0.1, 0.15) is 64.0 Å². The molecule has 0 amide bonds.